The molecule has 0 N–H and O–H groups in total. The van der Waals surface area contributed by atoms with Gasteiger partial charge in [0.05, 0.1) is 25.2 Å². The van der Waals surface area contributed by atoms with E-state index < -0.39 is 33.4 Å². The van der Waals surface area contributed by atoms with Crippen LogP contribution in [0.2, 0.25) is 0 Å². The predicted molar refractivity (Wildman–Crippen MR) is 91.7 cm³/mol. The molecule has 0 radical (unpaired) electrons. The number of aryl methyl sites for hydroxylation is 1. The number of nitrogens with zero attached hydrogens (tertiary/aromatic N) is 2. The fraction of sp³-hybridized carbons (Fsp3) is 0.353. The van der Waals surface area contributed by atoms with Crippen LogP contribution in [0.25, 0.3) is 0 Å². The second kappa shape index (κ2) is 7.12. The average Bonchev–Trinajstić information content (AvgIpc) is 2.93. The Bertz CT molecular complexity index is 929. The summed E-state index contributed by atoms with van der Waals surface area (Å²) in [6.45, 7) is 2.82. The van der Waals surface area contributed by atoms with Crippen LogP contribution in [0, 0.1) is 6.92 Å². The van der Waals surface area contributed by atoms with Gasteiger partial charge in [0.2, 0.25) is 0 Å². The van der Waals surface area contributed by atoms with E-state index >= 15 is 0 Å². The van der Waals surface area contributed by atoms with Gasteiger partial charge in [-0.2, -0.15) is 4.31 Å². The highest BCUT2D eigenvalue weighted by Crippen LogP contribution is 2.30. The topological polar surface area (TPSA) is 110 Å². The summed E-state index contributed by atoms with van der Waals surface area (Å²) in [6.07, 6.45) is 0. The SMILES string of the molecule is COC(=O)C1=C(N2CCOCC2)C(=O)N(S(=O)(=O)c2ccc(C)cc2)C1=O. The molecule has 1 aromatic rings. The number of amides is 2. The van der Waals surface area contributed by atoms with Gasteiger partial charge < -0.3 is 14.4 Å². The first-order chi connectivity index (χ1) is 12.8. The lowest BCUT2D eigenvalue weighted by Gasteiger charge is -2.29. The zero-order valence-corrected chi connectivity index (χ0v) is 15.6. The normalized spacial score (nSPS) is 18.3. The van der Waals surface area contributed by atoms with Crippen molar-refractivity contribution in [2.45, 2.75) is 11.8 Å². The molecule has 27 heavy (non-hydrogen) atoms. The minimum absolute atomic E-state index is 0.134. The minimum atomic E-state index is -4.47. The maximum absolute atomic E-state index is 12.9. The summed E-state index contributed by atoms with van der Waals surface area (Å²) in [6, 6.07) is 5.70. The van der Waals surface area contributed by atoms with Gasteiger partial charge in [-0.25, -0.2) is 13.2 Å². The molecule has 1 saturated heterocycles. The quantitative estimate of drug-likeness (QED) is 0.393. The summed E-state index contributed by atoms with van der Waals surface area (Å²) >= 11 is 0. The Morgan fingerprint density at radius 2 is 1.67 bits per heavy atom. The molecule has 144 valence electrons. The second-order valence-corrected chi connectivity index (χ2v) is 7.79. The monoisotopic (exact) mass is 394 g/mol. The van der Waals surface area contributed by atoms with Gasteiger partial charge in [0.15, 0.2) is 5.57 Å². The van der Waals surface area contributed by atoms with Gasteiger partial charge in [0.1, 0.15) is 5.70 Å². The van der Waals surface area contributed by atoms with E-state index in [1.165, 1.54) is 17.0 Å². The smallest absolute Gasteiger partial charge is 0.345 e. The van der Waals surface area contributed by atoms with Crippen molar-refractivity contribution in [2.75, 3.05) is 33.4 Å². The van der Waals surface area contributed by atoms with Crippen LogP contribution in [-0.2, 0) is 33.9 Å². The highest BCUT2D eigenvalue weighted by atomic mass is 32.2. The van der Waals surface area contributed by atoms with Crippen molar-refractivity contribution in [3.63, 3.8) is 0 Å². The van der Waals surface area contributed by atoms with Crippen molar-refractivity contribution < 1.29 is 32.3 Å². The van der Waals surface area contributed by atoms with E-state index in [4.69, 9.17) is 4.74 Å². The van der Waals surface area contributed by atoms with Crippen LogP contribution in [0.15, 0.2) is 40.4 Å². The molecule has 0 bridgehead atoms. The third-order valence-electron chi connectivity index (χ3n) is 4.30. The van der Waals surface area contributed by atoms with Crippen molar-refractivity contribution in [3.05, 3.63) is 41.1 Å². The molecule has 0 saturated carbocycles. The summed E-state index contributed by atoms with van der Waals surface area (Å²) < 4.78 is 35.8. The number of hydrogen-bond acceptors (Lipinski definition) is 8. The van der Waals surface area contributed by atoms with Crippen molar-refractivity contribution >= 4 is 27.8 Å². The summed E-state index contributed by atoms with van der Waals surface area (Å²) in [5.41, 5.74) is -0.0404. The Hall–Kier alpha value is -2.72. The summed E-state index contributed by atoms with van der Waals surface area (Å²) in [5.74, 6) is -3.34. The van der Waals surface area contributed by atoms with Gasteiger partial charge in [0.25, 0.3) is 21.8 Å². The van der Waals surface area contributed by atoms with E-state index in [9.17, 15) is 22.8 Å². The molecule has 9 nitrogen and oxygen atoms in total. The summed E-state index contributed by atoms with van der Waals surface area (Å²) in [5, 5.41) is 0. The van der Waals surface area contributed by atoms with E-state index in [-0.39, 0.29) is 41.2 Å². The molecular weight excluding hydrogens is 376 g/mol. The van der Waals surface area contributed by atoms with Gasteiger partial charge in [-0.1, -0.05) is 17.7 Å². The Balaban J connectivity index is 2.07. The van der Waals surface area contributed by atoms with Gasteiger partial charge in [-0.05, 0) is 19.1 Å². The Morgan fingerprint density at radius 3 is 2.22 bits per heavy atom. The zero-order valence-electron chi connectivity index (χ0n) is 14.8. The molecule has 10 heteroatoms. The number of imide groups is 1. The van der Waals surface area contributed by atoms with Crippen LogP contribution >= 0.6 is 0 Å². The molecule has 2 aliphatic rings. The lowest BCUT2D eigenvalue weighted by atomic mass is 10.2. The van der Waals surface area contributed by atoms with Crippen LogP contribution in [0.4, 0.5) is 0 Å². The standard InChI is InChI=1S/C17H18N2O7S/c1-11-3-5-12(6-4-11)27(23,24)19-15(20)13(17(22)25-2)14(16(19)21)18-7-9-26-10-8-18/h3-6H,7-10H2,1-2H3. The van der Waals surface area contributed by atoms with E-state index in [1.54, 1.807) is 19.1 Å². The fourth-order valence-corrected chi connectivity index (χ4v) is 4.20. The molecular formula is C17H18N2O7S. The average molecular weight is 394 g/mol. The number of hydrogen-bond donors (Lipinski definition) is 0. The van der Waals surface area contributed by atoms with E-state index in [1.807, 2.05) is 0 Å². The highest BCUT2D eigenvalue weighted by molar-refractivity contribution is 7.90. The fourth-order valence-electron chi connectivity index (χ4n) is 2.90. The van der Waals surface area contributed by atoms with Crippen molar-refractivity contribution in [3.8, 4) is 0 Å². The van der Waals surface area contributed by atoms with Crippen molar-refractivity contribution in [2.24, 2.45) is 0 Å². The Labute approximate surface area is 156 Å². The van der Waals surface area contributed by atoms with Crippen LogP contribution in [0.5, 0.6) is 0 Å². The van der Waals surface area contributed by atoms with Crippen molar-refractivity contribution in [1.82, 2.24) is 9.21 Å². The third kappa shape index (κ3) is 3.21. The van der Waals surface area contributed by atoms with Gasteiger partial charge in [0, 0.05) is 13.1 Å². The number of morpholine rings is 1. The molecule has 0 atom stereocenters. The maximum Gasteiger partial charge on any atom is 0.345 e. The van der Waals surface area contributed by atoms with Gasteiger partial charge in [-0.3, -0.25) is 9.59 Å². The summed E-state index contributed by atoms with van der Waals surface area (Å²) in [4.78, 5) is 39.1. The highest BCUT2D eigenvalue weighted by Gasteiger charge is 2.50. The number of benzene rings is 1. The number of esters is 1. The second-order valence-electron chi connectivity index (χ2n) is 6.01. The molecule has 0 aromatic heterocycles. The van der Waals surface area contributed by atoms with E-state index in [2.05, 4.69) is 4.74 Å². The predicted octanol–water partition coefficient (Wildman–Crippen LogP) is -0.188. The van der Waals surface area contributed by atoms with Crippen LogP contribution in [-0.4, -0.2) is 68.8 Å². The Kier molecular flexibility index (Phi) is 5.03. The molecule has 2 aliphatic heterocycles. The largest absolute Gasteiger partial charge is 0.465 e. The molecule has 0 spiro atoms. The lowest BCUT2D eigenvalue weighted by Crippen LogP contribution is -2.42. The number of rotatable bonds is 4. The first kappa shape index (κ1) is 19.1. The van der Waals surface area contributed by atoms with E-state index in [0.29, 0.717) is 0 Å². The zero-order chi connectivity index (χ0) is 19.8. The van der Waals surface area contributed by atoms with Crippen LogP contribution in [0.1, 0.15) is 5.56 Å². The van der Waals surface area contributed by atoms with Gasteiger partial charge in [-0.15, -0.1) is 0 Å². The van der Waals surface area contributed by atoms with Crippen LogP contribution < -0.4 is 0 Å². The molecule has 2 heterocycles. The molecule has 1 fully saturated rings. The molecule has 3 rings (SSSR count). The minimum Gasteiger partial charge on any atom is -0.465 e. The van der Waals surface area contributed by atoms with Gasteiger partial charge >= 0.3 is 5.97 Å². The Morgan fingerprint density at radius 1 is 1.07 bits per heavy atom. The molecule has 1 aromatic carbocycles. The maximum atomic E-state index is 12.9. The molecule has 0 aliphatic carbocycles. The first-order valence-electron chi connectivity index (χ1n) is 8.15. The van der Waals surface area contributed by atoms with Crippen molar-refractivity contribution in [1.29, 1.82) is 0 Å². The first-order valence-corrected chi connectivity index (χ1v) is 9.59. The number of carbonyl (C=O) groups is 3. The third-order valence-corrected chi connectivity index (χ3v) is 5.98. The van der Waals surface area contributed by atoms with Crippen LogP contribution in [0.3, 0.4) is 0 Å². The number of ether oxygens (including phenoxy) is 2. The number of methoxy groups -OCH3 is 1. The van der Waals surface area contributed by atoms with E-state index in [0.717, 1.165) is 12.7 Å². The molecule has 2 amide bonds. The molecule has 0 unspecified atom stereocenters. The summed E-state index contributed by atoms with van der Waals surface area (Å²) in [7, 11) is -3.42. The number of carbonyl (C=O) groups excluding carboxylic acids is 3. The number of sulfonamides is 1. The lowest BCUT2D eigenvalue weighted by molar-refractivity contribution is -0.138.